The molecule has 0 atom stereocenters. The molecule has 563 valence electrons. The summed E-state index contributed by atoms with van der Waals surface area (Å²) in [6, 6.07) is 89.5. The van der Waals surface area contributed by atoms with E-state index in [0.717, 1.165) is 93.6 Å². The molecule has 0 unspecified atom stereocenters. The molecule has 1 amide bonds. The first-order valence-corrected chi connectivity index (χ1v) is 35.3. The van der Waals surface area contributed by atoms with Crippen molar-refractivity contribution in [2.75, 3.05) is 21.3 Å². The van der Waals surface area contributed by atoms with Crippen LogP contribution in [0.25, 0.3) is 0 Å². The monoisotopic (exact) mass is 1530 g/mol. The Balaban J connectivity index is 0.000000289. The van der Waals surface area contributed by atoms with Crippen LogP contribution < -0.4 is 51.4 Å². The number of fused-ring (bicyclic) bond motifs is 8. The van der Waals surface area contributed by atoms with E-state index in [4.69, 9.17) is 25.6 Å². The molecule has 3 radical (unpaired) electrons. The predicted octanol–water partition coefficient (Wildman–Crippen LogP) is 12.0. The van der Waals surface area contributed by atoms with Crippen LogP contribution in [0.15, 0.2) is 272 Å². The third-order valence-electron chi connectivity index (χ3n) is 18.7. The molecule has 0 saturated heterocycles. The summed E-state index contributed by atoms with van der Waals surface area (Å²) in [5, 5.41) is 36.0. The van der Waals surface area contributed by atoms with Crippen LogP contribution in [0.1, 0.15) is 160 Å². The van der Waals surface area contributed by atoms with E-state index in [1.807, 2.05) is 72.8 Å². The van der Waals surface area contributed by atoms with Crippen LogP contribution in [0.5, 0.6) is 0 Å². The molecule has 0 aromatic heterocycles. The normalized spacial score (nSPS) is 12.1. The van der Waals surface area contributed by atoms with Gasteiger partial charge in [0, 0.05) is 50.9 Å². The topological polar surface area (TPSA) is 302 Å². The van der Waals surface area contributed by atoms with Gasteiger partial charge in [0.05, 0.1) is 43.5 Å². The smallest absolute Gasteiger partial charge is 0.465 e. The molecule has 0 heterocycles. The number of benzene rings is 11. The first-order chi connectivity index (χ1) is 51.3. The van der Waals surface area contributed by atoms with Crippen LogP contribution in [0, 0.1) is 7.43 Å². The van der Waals surface area contributed by atoms with E-state index in [2.05, 4.69) is 201 Å². The summed E-state index contributed by atoms with van der Waals surface area (Å²) >= 11 is 8.80. The van der Waals surface area contributed by atoms with Crippen molar-refractivity contribution in [2.24, 2.45) is 10.9 Å². The number of aryl methyl sites for hydroxylation is 8. The van der Waals surface area contributed by atoms with E-state index in [1.165, 1.54) is 92.1 Å². The van der Waals surface area contributed by atoms with Crippen molar-refractivity contribution in [3.05, 3.63) is 397 Å². The van der Waals surface area contributed by atoms with Crippen molar-refractivity contribution in [3.8, 4) is 0 Å². The molecule has 12 N–H and O–H groups in total. The standard InChI is InChI=1S/C24H23NO2.C23H22N2O2.C15H13NO.C15H15N.C9H8O3.CCl2O.CH4O.CH3.B.Na.2H2O/c1-27-24(26)20-12-10-17(11-13-20)16-25-23-21-8-4-2-6-18(21)14-15-19-7-3-5-9-22(19)23;26-23(25-27)19-11-9-16(10-12-19)15-24-22-20-7-3-1-5-17(20)13-14-18-6-2-4-8-21(18)22;17-16-15-13-7-3-1-5-11(13)9-10-12-6-2-4-8-14(12)15;16-15-13-7-3-1-5-11(13)9-10-12-6-2-4-8-14(12)15;1-12-9(11)8-4-2-7(6-10)3-5-8;2-1(3)4;1-2;;;;;/h2-13,23,25H,14-16H2,1H3;1-12,22,24,27H,13-15H2,(H,25,26);1-8,17H,9-10H2;1-8,15H,9-10,16H2;2-6H,1H3;;2H,1H3;1H3;;;2*1H2/q;;;;;;;-1;;+1;;. The Morgan fingerprint density at radius 1 is 0.436 bits per heavy atom. The first-order valence-electron chi connectivity index (χ1n) is 34.5. The van der Waals surface area contributed by atoms with Crippen LogP contribution in [-0.4, -0.2) is 90.8 Å². The minimum atomic E-state index is -0.889. The van der Waals surface area contributed by atoms with E-state index in [-0.39, 0.29) is 80.4 Å². The second-order valence-corrected chi connectivity index (χ2v) is 25.7. The maximum Gasteiger partial charge on any atom is 1.00 e. The zero-order valence-electron chi connectivity index (χ0n) is 62.3. The number of rotatable bonds is 10. The minimum absolute atomic E-state index is 0. The second kappa shape index (κ2) is 47.8. The van der Waals surface area contributed by atoms with E-state index in [9.17, 15) is 24.4 Å². The van der Waals surface area contributed by atoms with E-state index in [1.54, 1.807) is 41.9 Å². The van der Waals surface area contributed by atoms with Crippen molar-refractivity contribution in [3.63, 3.8) is 0 Å². The van der Waals surface area contributed by atoms with E-state index in [0.29, 0.717) is 34.5 Å². The predicted molar refractivity (Wildman–Crippen MR) is 433 cm³/mol. The van der Waals surface area contributed by atoms with Gasteiger partial charge in [0.25, 0.3) is 5.91 Å². The van der Waals surface area contributed by atoms with Gasteiger partial charge in [0.1, 0.15) is 12.0 Å². The van der Waals surface area contributed by atoms with Gasteiger partial charge >= 0.3 is 46.2 Å². The van der Waals surface area contributed by atoms with Gasteiger partial charge in [0.15, 0.2) is 0 Å². The van der Waals surface area contributed by atoms with Gasteiger partial charge in [0.2, 0.25) is 0 Å². The second-order valence-electron chi connectivity index (χ2n) is 24.8. The van der Waals surface area contributed by atoms with E-state index < -0.39 is 16.6 Å². The quantitative estimate of drug-likeness (QED) is 0.00980. The molecule has 4 aliphatic rings. The Labute approximate surface area is 678 Å². The zero-order chi connectivity index (χ0) is 74.5. The summed E-state index contributed by atoms with van der Waals surface area (Å²) in [5.74, 6) is -1.20. The van der Waals surface area contributed by atoms with Gasteiger partial charge in [-0.1, -0.05) is 236 Å². The Morgan fingerprint density at radius 2 is 0.691 bits per heavy atom. The molecular formula is C89H92BCl2N5NaO12. The number of aliphatic hydroxyl groups excluding tert-OH is 1. The van der Waals surface area contributed by atoms with Gasteiger partial charge in [-0.25, -0.2) is 15.1 Å². The fourth-order valence-electron chi connectivity index (χ4n) is 13.5. The molecular weight excluding hydrogens is 1440 g/mol. The molecule has 0 aliphatic heterocycles. The Morgan fingerprint density at radius 3 is 0.982 bits per heavy atom. The summed E-state index contributed by atoms with van der Waals surface area (Å²) in [6.45, 7) is 1.42. The number of carbonyl (C=O) groups is 5. The van der Waals surface area contributed by atoms with Crippen molar-refractivity contribution in [1.82, 2.24) is 16.1 Å². The number of methoxy groups -OCH3 is 2. The fraction of sp³-hybridized carbons (Fsp3) is 0.180. The maximum atomic E-state index is 11.6. The number of nitrogens with zero attached hydrogens (tertiary/aromatic N) is 1. The number of hydrogen-bond acceptors (Lipinski definition) is 14. The number of nitrogens with two attached hydrogens (primary N) is 1. The Kier molecular flexibility index (Phi) is 40.2. The fourth-order valence-corrected chi connectivity index (χ4v) is 13.5. The van der Waals surface area contributed by atoms with Crippen LogP contribution >= 0.6 is 23.2 Å². The van der Waals surface area contributed by atoms with Gasteiger partial charge in [-0.3, -0.25) is 19.6 Å². The van der Waals surface area contributed by atoms with Gasteiger partial charge in [-0.05, 0) is 200 Å². The molecule has 11 aromatic rings. The van der Waals surface area contributed by atoms with Gasteiger partial charge < -0.3 is 54.5 Å². The Hall–Kier alpha value is -10.00. The van der Waals surface area contributed by atoms with Crippen LogP contribution in [0.4, 0.5) is 4.79 Å². The number of halogens is 2. The maximum absolute atomic E-state index is 11.6. The van der Waals surface area contributed by atoms with Crippen LogP contribution in [0.2, 0.25) is 0 Å². The van der Waals surface area contributed by atoms with Crippen molar-refractivity contribution < 1.29 is 89.5 Å². The van der Waals surface area contributed by atoms with Gasteiger partial charge in [-0.15, -0.1) is 0 Å². The molecule has 0 bridgehead atoms. The number of hydroxylamine groups is 1. The average molecular weight is 1530 g/mol. The minimum Gasteiger partial charge on any atom is -0.465 e. The molecule has 0 spiro atoms. The first kappa shape index (κ1) is 92.4. The number of oxime groups is 1. The summed E-state index contributed by atoms with van der Waals surface area (Å²) in [7, 11) is 3.72. The van der Waals surface area contributed by atoms with Crippen LogP contribution in [0.3, 0.4) is 0 Å². The largest absolute Gasteiger partial charge is 1.00 e. The SMILES string of the molecule is CO.COC(=O)c1ccc(C=O)cc1.COC(=O)c1ccc(CNC2c3ccccc3CCc3ccccc32)cc1.NC1c2ccccc2CCc2ccccc21.O.O.O=C(Cl)Cl.O=C(NO)c1ccc(CNC2c3ccccc3CCc3ccccc32)cc1.ON=C1c2ccccc2CCc2ccccc21.[B].[CH3-].[Na+]. The molecule has 21 heteroatoms. The number of carbonyl (C=O) groups excluding carboxylic acids is 5. The molecule has 0 fully saturated rings. The number of amides is 1. The van der Waals surface area contributed by atoms with Crippen molar-refractivity contribution in [2.45, 2.75) is 82.6 Å². The van der Waals surface area contributed by atoms with Gasteiger partial charge in [-0.2, -0.15) is 0 Å². The molecule has 0 saturated carbocycles. The summed E-state index contributed by atoms with van der Waals surface area (Å²) in [5.41, 5.74) is 33.8. The third-order valence-corrected chi connectivity index (χ3v) is 18.7. The zero-order valence-corrected chi connectivity index (χ0v) is 65.9. The van der Waals surface area contributed by atoms with Crippen LogP contribution in [-0.2, 0) is 73.9 Å². The molecule has 17 nitrogen and oxygen atoms in total. The Bertz CT molecular complexity index is 4410. The molecule has 15 rings (SSSR count). The molecule has 4 aliphatic carbocycles. The number of hydrogen-bond donors (Lipinski definition) is 7. The van der Waals surface area contributed by atoms with Crippen molar-refractivity contribution >= 4 is 66.2 Å². The number of aliphatic hydroxyl groups is 1. The molecule has 110 heavy (non-hydrogen) atoms. The third kappa shape index (κ3) is 25.0. The number of esters is 2. The average Bonchev–Trinajstić information content (AvgIpc) is 1.62. The number of ether oxygens (including phenoxy) is 2. The summed E-state index contributed by atoms with van der Waals surface area (Å²) in [4.78, 5) is 53.2. The number of aldehydes is 1. The summed E-state index contributed by atoms with van der Waals surface area (Å²) in [6.07, 6.45) is 9.15. The number of nitrogens with one attached hydrogen (secondary N) is 3. The summed E-state index contributed by atoms with van der Waals surface area (Å²) < 4.78 is 8.36. The van der Waals surface area contributed by atoms with Crippen molar-refractivity contribution in [1.29, 1.82) is 0 Å². The molecule has 11 aromatic carbocycles. The van der Waals surface area contributed by atoms with E-state index >= 15 is 0 Å².